The molecule has 1 saturated carbocycles. The minimum absolute atomic E-state index is 0.818. The van der Waals surface area contributed by atoms with Gasteiger partial charge in [-0.05, 0) is 25.0 Å². The van der Waals surface area contributed by atoms with Gasteiger partial charge in [0.05, 0.1) is 0 Å². The topological polar surface area (TPSA) is 3.24 Å². The average molecular weight is 219 g/mol. The van der Waals surface area contributed by atoms with Crippen LogP contribution in [0.3, 0.4) is 0 Å². The zero-order chi connectivity index (χ0) is 10.5. The first-order valence-electron chi connectivity index (χ1n) is 6.23. The summed E-state index contributed by atoms with van der Waals surface area (Å²) in [5.74, 6) is 0. The van der Waals surface area contributed by atoms with Gasteiger partial charge in [-0.3, -0.25) is 0 Å². The molecule has 0 heterocycles. The third-order valence-electron chi connectivity index (χ3n) is 3.44. The molecule has 82 valence electrons. The van der Waals surface area contributed by atoms with Crippen LogP contribution in [0.15, 0.2) is 30.3 Å². The van der Waals surface area contributed by atoms with Crippen molar-refractivity contribution < 1.29 is 0 Å². The van der Waals surface area contributed by atoms with E-state index in [2.05, 4.69) is 35.2 Å². The van der Waals surface area contributed by atoms with Gasteiger partial charge in [-0.25, -0.2) is 0 Å². The second-order valence-electron chi connectivity index (χ2n) is 4.41. The lowest BCUT2D eigenvalue weighted by molar-refractivity contribution is 0.424. The fourth-order valence-corrected chi connectivity index (χ4v) is 3.55. The number of rotatable bonds is 3. The summed E-state index contributed by atoms with van der Waals surface area (Å²) in [6, 6.07) is 11.7. The molecular formula is C13H21NSi. The van der Waals surface area contributed by atoms with Gasteiger partial charge >= 0.3 is 0 Å². The molecule has 0 amide bonds. The molecule has 2 rings (SSSR count). The zero-order valence-corrected chi connectivity index (χ0v) is 11.7. The van der Waals surface area contributed by atoms with Crippen LogP contribution in [0.25, 0.3) is 0 Å². The van der Waals surface area contributed by atoms with E-state index in [-0.39, 0.29) is 0 Å². The summed E-state index contributed by atoms with van der Waals surface area (Å²) in [4.78, 5) is 2.63. The predicted octanol–water partition coefficient (Wildman–Crippen LogP) is 2.15. The fourth-order valence-electron chi connectivity index (χ4n) is 2.66. The van der Waals surface area contributed by atoms with Crippen LogP contribution in [0.5, 0.6) is 0 Å². The fraction of sp³-hybridized carbons (Fsp3) is 0.538. The Morgan fingerprint density at radius 1 is 1.07 bits per heavy atom. The minimum atomic E-state index is 0.818. The van der Waals surface area contributed by atoms with Gasteiger partial charge in [0.1, 0.15) is 0 Å². The van der Waals surface area contributed by atoms with Crippen molar-refractivity contribution in [3.05, 3.63) is 30.3 Å². The molecule has 1 nitrogen and oxygen atoms in total. The van der Waals surface area contributed by atoms with Gasteiger partial charge in [0.15, 0.2) is 0 Å². The lowest BCUT2D eigenvalue weighted by Crippen LogP contribution is -2.37. The van der Waals surface area contributed by atoms with Crippen molar-refractivity contribution in [2.24, 2.45) is 0 Å². The first-order valence-corrected chi connectivity index (χ1v) is 7.65. The molecule has 0 aliphatic heterocycles. The molecule has 0 unspecified atom stereocenters. The van der Waals surface area contributed by atoms with Crippen LogP contribution in [0.1, 0.15) is 32.1 Å². The number of para-hydroxylation sites is 1. The van der Waals surface area contributed by atoms with Crippen LogP contribution >= 0.6 is 0 Å². The van der Waals surface area contributed by atoms with Crippen LogP contribution in [0, 0.1) is 0 Å². The molecule has 0 N–H and O–H groups in total. The Bertz CT molecular complexity index is 280. The monoisotopic (exact) mass is 219 g/mol. The third kappa shape index (κ3) is 2.62. The molecule has 2 heteroatoms. The summed E-state index contributed by atoms with van der Waals surface area (Å²) in [6.45, 7) is 0. The van der Waals surface area contributed by atoms with Crippen molar-refractivity contribution in [1.82, 2.24) is 0 Å². The Balaban J connectivity index is 2.09. The second-order valence-corrected chi connectivity index (χ2v) is 5.05. The molecule has 1 aliphatic rings. The summed E-state index contributed by atoms with van der Waals surface area (Å²) in [5.41, 5.74) is 1.43. The van der Waals surface area contributed by atoms with Gasteiger partial charge in [-0.1, -0.05) is 37.5 Å². The maximum Gasteiger partial charge on any atom is 0.0365 e. The highest BCUT2D eigenvalue weighted by Gasteiger charge is 2.19. The van der Waals surface area contributed by atoms with Crippen molar-refractivity contribution in [3.8, 4) is 0 Å². The van der Waals surface area contributed by atoms with Gasteiger partial charge < -0.3 is 4.90 Å². The highest BCUT2D eigenvalue weighted by molar-refractivity contribution is 6.10. The Kier molecular flexibility index (Phi) is 3.84. The molecule has 1 aromatic carbocycles. The molecule has 0 saturated heterocycles. The lowest BCUT2D eigenvalue weighted by atomic mass is 9.94. The second kappa shape index (κ2) is 5.36. The van der Waals surface area contributed by atoms with Crippen LogP contribution < -0.4 is 4.90 Å². The Morgan fingerprint density at radius 3 is 2.33 bits per heavy atom. The lowest BCUT2D eigenvalue weighted by Gasteiger charge is -2.35. The van der Waals surface area contributed by atoms with Crippen molar-refractivity contribution in [2.75, 3.05) is 11.1 Å². The van der Waals surface area contributed by atoms with Gasteiger partial charge in [0.25, 0.3) is 0 Å². The van der Waals surface area contributed by atoms with Crippen LogP contribution in [0.2, 0.25) is 0 Å². The average Bonchev–Trinajstić information content (AvgIpc) is 2.33. The van der Waals surface area contributed by atoms with Crippen molar-refractivity contribution in [1.29, 1.82) is 0 Å². The van der Waals surface area contributed by atoms with E-state index in [1.807, 2.05) is 0 Å². The Morgan fingerprint density at radius 2 is 1.73 bits per heavy atom. The number of hydrogen-bond donors (Lipinski definition) is 0. The van der Waals surface area contributed by atoms with Crippen LogP contribution in [0.4, 0.5) is 5.69 Å². The molecule has 0 radical (unpaired) electrons. The highest BCUT2D eigenvalue weighted by Crippen LogP contribution is 2.26. The molecule has 0 aromatic heterocycles. The molecule has 0 atom stereocenters. The number of hydrogen-bond acceptors (Lipinski definition) is 1. The molecule has 0 bridgehead atoms. The number of anilines is 1. The normalized spacial score (nSPS) is 17.9. The van der Waals surface area contributed by atoms with Gasteiger partial charge in [-0.2, -0.15) is 0 Å². The quantitative estimate of drug-likeness (QED) is 0.704. The number of benzene rings is 1. The highest BCUT2D eigenvalue weighted by atomic mass is 28.1. The summed E-state index contributed by atoms with van der Waals surface area (Å²) in [6.07, 6.45) is 8.37. The van der Waals surface area contributed by atoms with Crippen LogP contribution in [-0.2, 0) is 0 Å². The summed E-state index contributed by atoms with van der Waals surface area (Å²) >= 11 is 0. The van der Waals surface area contributed by atoms with E-state index >= 15 is 0 Å². The largest absolute Gasteiger partial charge is 0.373 e. The molecule has 15 heavy (non-hydrogen) atoms. The summed E-state index contributed by atoms with van der Waals surface area (Å²) in [5, 5.41) is 0. The van der Waals surface area contributed by atoms with Crippen molar-refractivity contribution in [2.45, 2.75) is 38.1 Å². The van der Waals surface area contributed by atoms with E-state index in [1.54, 1.807) is 0 Å². The van der Waals surface area contributed by atoms with Crippen molar-refractivity contribution in [3.63, 3.8) is 0 Å². The van der Waals surface area contributed by atoms with E-state index < -0.39 is 0 Å². The predicted molar refractivity (Wildman–Crippen MR) is 70.6 cm³/mol. The van der Waals surface area contributed by atoms with Crippen molar-refractivity contribution >= 4 is 15.9 Å². The minimum Gasteiger partial charge on any atom is -0.373 e. The van der Waals surface area contributed by atoms with E-state index in [1.165, 1.54) is 54.2 Å². The first kappa shape index (κ1) is 10.7. The maximum atomic E-state index is 2.63. The third-order valence-corrected chi connectivity index (χ3v) is 4.13. The SMILES string of the molecule is [SiH3]CN(c1ccccc1)C1CCCCC1. The zero-order valence-electron chi connectivity index (χ0n) is 9.65. The molecule has 1 fully saturated rings. The molecule has 1 aromatic rings. The van der Waals surface area contributed by atoms with E-state index in [9.17, 15) is 0 Å². The summed E-state index contributed by atoms with van der Waals surface area (Å²) < 4.78 is 0. The van der Waals surface area contributed by atoms with Gasteiger partial charge in [-0.15, -0.1) is 0 Å². The van der Waals surface area contributed by atoms with Gasteiger partial charge in [0.2, 0.25) is 0 Å². The smallest absolute Gasteiger partial charge is 0.0365 e. The van der Waals surface area contributed by atoms with Gasteiger partial charge in [0, 0.05) is 28.1 Å². The van der Waals surface area contributed by atoms with Crippen LogP contribution in [-0.4, -0.2) is 22.5 Å². The van der Waals surface area contributed by atoms with E-state index in [0.29, 0.717) is 0 Å². The molecular weight excluding hydrogens is 198 g/mol. The first-order chi connectivity index (χ1) is 7.42. The number of nitrogens with zero attached hydrogens (tertiary/aromatic N) is 1. The standard InChI is InChI=1S/C13H21NSi/c15-11-14(12-7-3-1-4-8-12)13-9-5-2-6-10-13/h1,3-4,7-8,13H,2,5-6,9-11H2,15H3. The molecule has 1 aliphatic carbocycles. The van der Waals surface area contributed by atoms with E-state index in [4.69, 9.17) is 0 Å². The molecule has 0 spiro atoms. The summed E-state index contributed by atoms with van der Waals surface area (Å²) in [7, 11) is 1.27. The van der Waals surface area contributed by atoms with E-state index in [0.717, 1.165) is 6.04 Å². The Hall–Kier alpha value is -0.763. The maximum absolute atomic E-state index is 2.63. The Labute approximate surface area is 95.9 Å².